The highest BCUT2D eigenvalue weighted by Crippen LogP contribution is 2.38. The molecule has 2 amide bonds. The van der Waals surface area contributed by atoms with Gasteiger partial charge in [-0.2, -0.15) is 0 Å². The largest absolute Gasteiger partial charge is 0.365 e. The summed E-state index contributed by atoms with van der Waals surface area (Å²) in [7, 11) is 0. The molecular formula is C19H17N5O2S3. The van der Waals surface area contributed by atoms with E-state index in [9.17, 15) is 9.59 Å². The molecule has 3 heterocycles. The maximum absolute atomic E-state index is 12.6. The van der Waals surface area contributed by atoms with Gasteiger partial charge in [-0.3, -0.25) is 14.0 Å². The number of thiophene rings is 1. The van der Waals surface area contributed by atoms with Crippen molar-refractivity contribution in [1.82, 2.24) is 14.6 Å². The average Bonchev–Trinajstić information content (AvgIpc) is 3.37. The van der Waals surface area contributed by atoms with E-state index in [1.807, 2.05) is 28.7 Å². The summed E-state index contributed by atoms with van der Waals surface area (Å²) in [6, 6.07) is 8.02. The van der Waals surface area contributed by atoms with Crippen molar-refractivity contribution in [3.05, 3.63) is 40.3 Å². The number of benzene rings is 1. The Hall–Kier alpha value is -2.43. The van der Waals surface area contributed by atoms with E-state index in [0.717, 1.165) is 51.3 Å². The number of rotatable bonds is 5. The summed E-state index contributed by atoms with van der Waals surface area (Å²) in [5.41, 5.74) is 8.13. The number of hydrogen-bond acceptors (Lipinski definition) is 7. The van der Waals surface area contributed by atoms with Gasteiger partial charge in [0.2, 0.25) is 10.9 Å². The summed E-state index contributed by atoms with van der Waals surface area (Å²) in [4.78, 5) is 26.5. The smallest absolute Gasteiger partial charge is 0.251 e. The number of anilines is 1. The van der Waals surface area contributed by atoms with Gasteiger partial charge in [-0.15, -0.1) is 21.5 Å². The van der Waals surface area contributed by atoms with E-state index in [4.69, 9.17) is 5.73 Å². The molecule has 0 saturated heterocycles. The van der Waals surface area contributed by atoms with Crippen LogP contribution in [0.5, 0.6) is 0 Å². The fourth-order valence-electron chi connectivity index (χ4n) is 3.66. The Balaban J connectivity index is 1.35. The van der Waals surface area contributed by atoms with Crippen LogP contribution in [0.1, 0.15) is 33.6 Å². The third kappa shape index (κ3) is 3.30. The number of primary amides is 1. The Bertz CT molecular complexity index is 1260. The van der Waals surface area contributed by atoms with Crippen LogP contribution < -0.4 is 11.1 Å². The van der Waals surface area contributed by atoms with Crippen LogP contribution in [0.3, 0.4) is 0 Å². The van der Waals surface area contributed by atoms with Crippen molar-refractivity contribution in [3.63, 3.8) is 0 Å². The highest BCUT2D eigenvalue weighted by Gasteiger charge is 2.25. The van der Waals surface area contributed by atoms with Crippen LogP contribution in [0.15, 0.2) is 29.4 Å². The molecule has 0 atom stereocenters. The summed E-state index contributed by atoms with van der Waals surface area (Å²) in [5.74, 6) is -0.491. The summed E-state index contributed by atoms with van der Waals surface area (Å²) in [5, 5.41) is 12.6. The Kier molecular flexibility index (Phi) is 4.76. The monoisotopic (exact) mass is 443 g/mol. The first-order chi connectivity index (χ1) is 14.1. The molecule has 0 fully saturated rings. The standard InChI is InChI=1S/C19H17N5O2S3/c20-16(26)15-10-5-1-3-7-12(10)28-17(15)21-14(25)9-27-18-22-23-19-24(18)11-6-2-4-8-13(11)29-19/h2,4,6,8H,1,3,5,7,9H2,(H2,20,26)(H,21,25). The van der Waals surface area contributed by atoms with Crippen molar-refractivity contribution in [3.8, 4) is 0 Å². The van der Waals surface area contributed by atoms with E-state index in [2.05, 4.69) is 15.5 Å². The van der Waals surface area contributed by atoms with Gasteiger partial charge >= 0.3 is 0 Å². The molecule has 0 spiro atoms. The number of hydrogen-bond donors (Lipinski definition) is 2. The topological polar surface area (TPSA) is 102 Å². The van der Waals surface area contributed by atoms with E-state index in [1.165, 1.54) is 23.1 Å². The van der Waals surface area contributed by atoms with Crippen LogP contribution in [0.25, 0.3) is 15.2 Å². The van der Waals surface area contributed by atoms with Gasteiger partial charge in [0.25, 0.3) is 5.91 Å². The molecule has 148 valence electrons. The molecule has 0 saturated carbocycles. The molecular weight excluding hydrogens is 426 g/mol. The van der Waals surface area contributed by atoms with E-state index in [0.29, 0.717) is 15.7 Å². The van der Waals surface area contributed by atoms with Crippen LogP contribution in [-0.2, 0) is 17.6 Å². The Morgan fingerprint density at radius 3 is 2.86 bits per heavy atom. The van der Waals surface area contributed by atoms with Crippen molar-refractivity contribution in [1.29, 1.82) is 0 Å². The normalized spacial score (nSPS) is 13.7. The molecule has 0 bridgehead atoms. The second-order valence-electron chi connectivity index (χ2n) is 6.79. The van der Waals surface area contributed by atoms with Crippen LogP contribution in [0, 0.1) is 0 Å². The molecule has 3 aromatic heterocycles. The van der Waals surface area contributed by atoms with Gasteiger partial charge in [0.05, 0.1) is 21.5 Å². The number of carbonyl (C=O) groups is 2. The lowest BCUT2D eigenvalue weighted by Crippen LogP contribution is -2.19. The number of nitrogens with one attached hydrogen (secondary N) is 1. The highest BCUT2D eigenvalue weighted by molar-refractivity contribution is 7.99. The molecule has 3 N–H and O–H groups in total. The van der Waals surface area contributed by atoms with Crippen LogP contribution in [0.2, 0.25) is 0 Å². The summed E-state index contributed by atoms with van der Waals surface area (Å²) < 4.78 is 3.09. The minimum atomic E-state index is -0.476. The Morgan fingerprint density at radius 1 is 1.17 bits per heavy atom. The molecule has 0 radical (unpaired) electrons. The average molecular weight is 444 g/mol. The van der Waals surface area contributed by atoms with Crippen molar-refractivity contribution < 1.29 is 9.59 Å². The molecule has 1 aliphatic rings. The van der Waals surface area contributed by atoms with E-state index >= 15 is 0 Å². The molecule has 0 unspecified atom stereocenters. The van der Waals surface area contributed by atoms with Gasteiger partial charge in [0.1, 0.15) is 5.00 Å². The van der Waals surface area contributed by atoms with Crippen LogP contribution in [0.4, 0.5) is 5.00 Å². The van der Waals surface area contributed by atoms with Gasteiger partial charge in [-0.05, 0) is 43.4 Å². The number of fused-ring (bicyclic) bond motifs is 4. The summed E-state index contributed by atoms with van der Waals surface area (Å²) in [6.07, 6.45) is 3.93. The maximum atomic E-state index is 12.6. The minimum absolute atomic E-state index is 0.172. The molecule has 0 aliphatic heterocycles. The lowest BCUT2D eigenvalue weighted by Gasteiger charge is -2.11. The number of carbonyl (C=O) groups excluding carboxylic acids is 2. The molecule has 10 heteroatoms. The third-order valence-corrected chi connectivity index (χ3v) is 8.06. The number of nitrogens with zero attached hydrogens (tertiary/aromatic N) is 3. The third-order valence-electron chi connectivity index (χ3n) is 4.91. The number of amides is 2. The first kappa shape index (κ1) is 18.6. The summed E-state index contributed by atoms with van der Waals surface area (Å²) in [6.45, 7) is 0. The van der Waals surface area contributed by atoms with Gasteiger partial charge in [0, 0.05) is 4.88 Å². The SMILES string of the molecule is NC(=O)c1c(NC(=O)CSc2nnc3sc4ccccc4n23)sc2c1CCCC2. The van der Waals surface area contributed by atoms with Crippen molar-refractivity contribution in [2.75, 3.05) is 11.1 Å². The molecule has 29 heavy (non-hydrogen) atoms. The molecule has 1 aromatic carbocycles. The number of aryl methyl sites for hydroxylation is 1. The summed E-state index contributed by atoms with van der Waals surface area (Å²) >= 11 is 4.36. The van der Waals surface area contributed by atoms with E-state index < -0.39 is 5.91 Å². The zero-order valence-electron chi connectivity index (χ0n) is 15.3. The van der Waals surface area contributed by atoms with Crippen LogP contribution in [-0.4, -0.2) is 32.2 Å². The van der Waals surface area contributed by atoms with Crippen molar-refractivity contribution in [2.24, 2.45) is 5.73 Å². The predicted octanol–water partition coefficient (Wildman–Crippen LogP) is 3.71. The fraction of sp³-hybridized carbons (Fsp3) is 0.263. The highest BCUT2D eigenvalue weighted by atomic mass is 32.2. The van der Waals surface area contributed by atoms with Crippen molar-refractivity contribution in [2.45, 2.75) is 30.8 Å². The predicted molar refractivity (Wildman–Crippen MR) is 117 cm³/mol. The zero-order chi connectivity index (χ0) is 20.0. The number of thioether (sulfide) groups is 1. The van der Waals surface area contributed by atoms with Gasteiger partial charge < -0.3 is 11.1 Å². The van der Waals surface area contributed by atoms with Gasteiger partial charge in [-0.1, -0.05) is 35.2 Å². The lowest BCUT2D eigenvalue weighted by atomic mass is 9.95. The zero-order valence-corrected chi connectivity index (χ0v) is 17.8. The molecule has 4 aromatic rings. The molecule has 5 rings (SSSR count). The number of thiazole rings is 1. The first-order valence-electron chi connectivity index (χ1n) is 9.21. The number of aromatic nitrogens is 3. The van der Waals surface area contributed by atoms with E-state index in [-0.39, 0.29) is 11.7 Å². The quantitative estimate of drug-likeness (QED) is 0.458. The second kappa shape index (κ2) is 7.43. The fourth-order valence-corrected chi connectivity index (χ4v) is 6.73. The number of para-hydroxylation sites is 1. The Morgan fingerprint density at radius 2 is 2.00 bits per heavy atom. The second-order valence-corrected chi connectivity index (χ2v) is 9.84. The van der Waals surface area contributed by atoms with Crippen molar-refractivity contribution >= 4 is 66.4 Å². The number of nitrogens with two attached hydrogens (primary N) is 1. The Labute approximate surface area is 178 Å². The maximum Gasteiger partial charge on any atom is 0.251 e. The minimum Gasteiger partial charge on any atom is -0.365 e. The lowest BCUT2D eigenvalue weighted by molar-refractivity contribution is -0.113. The molecule has 1 aliphatic carbocycles. The van der Waals surface area contributed by atoms with Gasteiger partial charge in [0.15, 0.2) is 5.16 Å². The van der Waals surface area contributed by atoms with E-state index in [1.54, 1.807) is 11.3 Å². The van der Waals surface area contributed by atoms with Gasteiger partial charge in [-0.25, -0.2) is 0 Å². The first-order valence-corrected chi connectivity index (χ1v) is 11.8. The van der Waals surface area contributed by atoms with Crippen LogP contribution >= 0.6 is 34.4 Å². The molecule has 7 nitrogen and oxygen atoms in total.